The summed E-state index contributed by atoms with van der Waals surface area (Å²) >= 11 is 3.37. The van der Waals surface area contributed by atoms with Crippen LogP contribution in [0.25, 0.3) is 0 Å². The highest BCUT2D eigenvalue weighted by Crippen LogP contribution is 2.16. The molecule has 16 heavy (non-hydrogen) atoms. The average molecular weight is 294 g/mol. The van der Waals surface area contributed by atoms with Gasteiger partial charge in [0, 0.05) is 5.33 Å². The molecule has 2 atom stereocenters. The van der Waals surface area contributed by atoms with E-state index in [2.05, 4.69) is 15.9 Å². The van der Waals surface area contributed by atoms with E-state index < -0.39 is 5.60 Å². The fourth-order valence-corrected chi connectivity index (χ4v) is 1.96. The molecule has 0 spiro atoms. The zero-order valence-electron chi connectivity index (χ0n) is 10.3. The Labute approximate surface area is 105 Å². The van der Waals surface area contributed by atoms with Gasteiger partial charge in [0.2, 0.25) is 0 Å². The normalized spacial score (nSPS) is 26.7. The number of nitrogens with zero attached hydrogens (tertiary/aromatic N) is 1. The number of alkyl halides is 1. The largest absolute Gasteiger partial charge is 0.444 e. The van der Waals surface area contributed by atoms with Crippen LogP contribution in [0.3, 0.4) is 0 Å². The van der Waals surface area contributed by atoms with Crippen molar-refractivity contribution in [3.63, 3.8) is 0 Å². The van der Waals surface area contributed by atoms with Crippen LogP contribution >= 0.6 is 15.9 Å². The minimum atomic E-state index is -0.442. The Morgan fingerprint density at radius 3 is 2.62 bits per heavy atom. The van der Waals surface area contributed by atoms with Crippen molar-refractivity contribution < 1.29 is 14.3 Å². The Bertz CT molecular complexity index is 252. The molecule has 0 bridgehead atoms. The summed E-state index contributed by atoms with van der Waals surface area (Å²) in [5.41, 5.74) is -0.442. The molecule has 0 aromatic rings. The topological polar surface area (TPSA) is 38.8 Å². The predicted octanol–water partition coefficient (Wildman–Crippen LogP) is 2.41. The second kappa shape index (κ2) is 5.36. The third-order valence-corrected chi connectivity index (χ3v) is 2.87. The van der Waals surface area contributed by atoms with Crippen LogP contribution in [-0.2, 0) is 9.47 Å². The van der Waals surface area contributed by atoms with Gasteiger partial charge in [-0.2, -0.15) is 0 Å². The number of carbonyl (C=O) groups is 1. The van der Waals surface area contributed by atoms with E-state index in [0.29, 0.717) is 13.1 Å². The number of morpholine rings is 1. The third kappa shape index (κ3) is 4.29. The summed E-state index contributed by atoms with van der Waals surface area (Å²) < 4.78 is 11.0. The highest BCUT2D eigenvalue weighted by molar-refractivity contribution is 9.09. The van der Waals surface area contributed by atoms with E-state index in [9.17, 15) is 4.79 Å². The fourth-order valence-electron chi connectivity index (χ4n) is 1.61. The molecule has 4 nitrogen and oxygen atoms in total. The first kappa shape index (κ1) is 13.8. The SMILES string of the molecule is C[C@H]1CN(C(=O)OC(C)(C)C)C[C@H](CBr)O1. The average Bonchev–Trinajstić information content (AvgIpc) is 2.14. The number of carbonyl (C=O) groups excluding carboxylic acids is 1. The van der Waals surface area contributed by atoms with Gasteiger partial charge in [0.05, 0.1) is 25.3 Å². The number of hydrogen-bond acceptors (Lipinski definition) is 3. The zero-order chi connectivity index (χ0) is 12.3. The van der Waals surface area contributed by atoms with Gasteiger partial charge in [-0.1, -0.05) is 15.9 Å². The summed E-state index contributed by atoms with van der Waals surface area (Å²) in [5, 5.41) is 0.733. The Morgan fingerprint density at radius 2 is 2.12 bits per heavy atom. The smallest absolute Gasteiger partial charge is 0.410 e. The molecular formula is C11H20BrNO3. The van der Waals surface area contributed by atoms with Crippen molar-refractivity contribution in [2.24, 2.45) is 0 Å². The lowest BCUT2D eigenvalue weighted by Crippen LogP contribution is -2.51. The zero-order valence-corrected chi connectivity index (χ0v) is 11.9. The summed E-state index contributed by atoms with van der Waals surface area (Å²) in [6.07, 6.45) is -0.145. The number of hydrogen-bond donors (Lipinski definition) is 0. The minimum absolute atomic E-state index is 0.0521. The monoisotopic (exact) mass is 293 g/mol. The molecule has 0 unspecified atom stereocenters. The summed E-state index contributed by atoms with van der Waals surface area (Å²) in [4.78, 5) is 13.6. The Morgan fingerprint density at radius 1 is 1.50 bits per heavy atom. The number of ether oxygens (including phenoxy) is 2. The summed E-state index contributed by atoms with van der Waals surface area (Å²) in [6.45, 7) is 8.76. The predicted molar refractivity (Wildman–Crippen MR) is 65.9 cm³/mol. The highest BCUT2D eigenvalue weighted by Gasteiger charge is 2.30. The molecule has 0 aromatic heterocycles. The Balaban J connectivity index is 2.55. The maximum Gasteiger partial charge on any atom is 0.410 e. The van der Waals surface area contributed by atoms with Crippen LogP contribution in [0.4, 0.5) is 4.79 Å². The molecule has 0 aliphatic carbocycles. The van der Waals surface area contributed by atoms with E-state index in [-0.39, 0.29) is 18.3 Å². The number of amides is 1. The standard InChI is InChI=1S/C11H20BrNO3/c1-8-6-13(7-9(5-12)15-8)10(14)16-11(2,3)4/h8-9H,5-7H2,1-4H3/t8-,9-/m0/s1. The van der Waals surface area contributed by atoms with Crippen molar-refractivity contribution >= 4 is 22.0 Å². The van der Waals surface area contributed by atoms with Crippen molar-refractivity contribution in [3.05, 3.63) is 0 Å². The van der Waals surface area contributed by atoms with Crippen LogP contribution in [-0.4, -0.2) is 47.2 Å². The Hall–Kier alpha value is -0.290. The van der Waals surface area contributed by atoms with Gasteiger partial charge in [0.25, 0.3) is 0 Å². The third-order valence-electron chi connectivity index (χ3n) is 2.15. The molecule has 1 amide bonds. The van der Waals surface area contributed by atoms with Crippen LogP contribution in [0.1, 0.15) is 27.7 Å². The molecule has 1 heterocycles. The van der Waals surface area contributed by atoms with Gasteiger partial charge in [0.15, 0.2) is 0 Å². The molecule has 1 rings (SSSR count). The second-order valence-corrected chi connectivity index (χ2v) is 5.76. The minimum Gasteiger partial charge on any atom is -0.444 e. The van der Waals surface area contributed by atoms with Crippen molar-refractivity contribution in [2.75, 3.05) is 18.4 Å². The fraction of sp³-hybridized carbons (Fsp3) is 0.909. The molecule has 0 saturated carbocycles. The lowest BCUT2D eigenvalue weighted by Gasteiger charge is -2.36. The summed E-state index contributed by atoms with van der Waals surface area (Å²) in [6, 6.07) is 0. The molecule has 1 saturated heterocycles. The van der Waals surface area contributed by atoms with Crippen molar-refractivity contribution in [2.45, 2.75) is 45.5 Å². The highest BCUT2D eigenvalue weighted by atomic mass is 79.9. The molecule has 0 N–H and O–H groups in total. The Kier molecular flexibility index (Phi) is 4.62. The van der Waals surface area contributed by atoms with E-state index in [1.165, 1.54) is 0 Å². The van der Waals surface area contributed by atoms with Crippen molar-refractivity contribution in [1.29, 1.82) is 0 Å². The van der Waals surface area contributed by atoms with E-state index in [1.54, 1.807) is 4.90 Å². The van der Waals surface area contributed by atoms with Gasteiger partial charge >= 0.3 is 6.09 Å². The van der Waals surface area contributed by atoms with Crippen LogP contribution in [0.5, 0.6) is 0 Å². The summed E-state index contributed by atoms with van der Waals surface area (Å²) in [5.74, 6) is 0. The van der Waals surface area contributed by atoms with Crippen LogP contribution in [0.2, 0.25) is 0 Å². The second-order valence-electron chi connectivity index (χ2n) is 5.11. The van der Waals surface area contributed by atoms with Gasteiger partial charge < -0.3 is 14.4 Å². The molecule has 94 valence electrons. The van der Waals surface area contributed by atoms with Crippen LogP contribution < -0.4 is 0 Å². The van der Waals surface area contributed by atoms with E-state index in [4.69, 9.17) is 9.47 Å². The lowest BCUT2D eigenvalue weighted by atomic mass is 10.2. The molecule has 1 aliphatic rings. The molecule has 0 aromatic carbocycles. The lowest BCUT2D eigenvalue weighted by molar-refractivity contribution is -0.0702. The van der Waals surface area contributed by atoms with Gasteiger partial charge in [-0.25, -0.2) is 4.79 Å². The van der Waals surface area contributed by atoms with E-state index in [0.717, 1.165) is 5.33 Å². The first-order chi connectivity index (χ1) is 7.31. The first-order valence-electron chi connectivity index (χ1n) is 5.51. The van der Waals surface area contributed by atoms with Crippen LogP contribution in [0, 0.1) is 0 Å². The van der Waals surface area contributed by atoms with Gasteiger partial charge in [-0.3, -0.25) is 0 Å². The number of halogens is 1. The van der Waals surface area contributed by atoms with Gasteiger partial charge in [-0.05, 0) is 27.7 Å². The van der Waals surface area contributed by atoms with E-state index >= 15 is 0 Å². The van der Waals surface area contributed by atoms with Crippen molar-refractivity contribution in [3.8, 4) is 0 Å². The maximum atomic E-state index is 11.9. The van der Waals surface area contributed by atoms with E-state index in [1.807, 2.05) is 27.7 Å². The first-order valence-corrected chi connectivity index (χ1v) is 6.63. The van der Waals surface area contributed by atoms with Gasteiger partial charge in [0.1, 0.15) is 5.60 Å². The molecule has 5 heteroatoms. The number of rotatable bonds is 1. The molecule has 1 aliphatic heterocycles. The van der Waals surface area contributed by atoms with Gasteiger partial charge in [-0.15, -0.1) is 0 Å². The van der Waals surface area contributed by atoms with Crippen molar-refractivity contribution in [1.82, 2.24) is 4.90 Å². The molecular weight excluding hydrogens is 274 g/mol. The quantitative estimate of drug-likeness (QED) is 0.697. The maximum absolute atomic E-state index is 11.9. The van der Waals surface area contributed by atoms with Crippen LogP contribution in [0.15, 0.2) is 0 Å². The summed E-state index contributed by atoms with van der Waals surface area (Å²) in [7, 11) is 0. The molecule has 1 fully saturated rings. The molecule has 0 radical (unpaired) electrons.